The number of ether oxygens (including phenoxy) is 1. The van der Waals surface area contributed by atoms with Gasteiger partial charge in [-0.2, -0.15) is 0 Å². The Morgan fingerprint density at radius 3 is 2.50 bits per heavy atom. The molecule has 1 aromatic carbocycles. The lowest BCUT2D eigenvalue weighted by atomic mass is 9.92. The Kier molecular flexibility index (Phi) is 4.41. The first-order valence-corrected chi connectivity index (χ1v) is 8.89. The van der Waals surface area contributed by atoms with E-state index in [1.807, 2.05) is 31.7 Å². The van der Waals surface area contributed by atoms with Gasteiger partial charge in [-0.25, -0.2) is 4.79 Å². The van der Waals surface area contributed by atoms with Gasteiger partial charge in [-0.1, -0.05) is 30.3 Å². The van der Waals surface area contributed by atoms with Gasteiger partial charge in [0.2, 0.25) is 0 Å². The molecule has 2 aliphatic rings. The van der Waals surface area contributed by atoms with E-state index in [1.165, 1.54) is 11.3 Å². The van der Waals surface area contributed by atoms with E-state index in [1.54, 1.807) is 0 Å². The molecular weight excluding hydrogens is 300 g/mol. The second kappa shape index (κ2) is 6.23. The van der Waals surface area contributed by atoms with Crippen LogP contribution in [0.25, 0.3) is 0 Å². The van der Waals surface area contributed by atoms with Crippen LogP contribution in [0.3, 0.4) is 0 Å². The van der Waals surface area contributed by atoms with E-state index < -0.39 is 5.60 Å². The SMILES string of the molecule is C[C@H](/N=C1\CCN(C(=O)OC(C)(C)C)CC12CC2)c1ccccc1. The highest BCUT2D eigenvalue weighted by molar-refractivity contribution is 5.94. The summed E-state index contributed by atoms with van der Waals surface area (Å²) in [6.45, 7) is 9.35. The number of nitrogens with zero attached hydrogens (tertiary/aromatic N) is 2. The number of amides is 1. The van der Waals surface area contributed by atoms with Gasteiger partial charge < -0.3 is 9.64 Å². The summed E-state index contributed by atoms with van der Waals surface area (Å²) in [6.07, 6.45) is 2.93. The molecule has 0 bridgehead atoms. The normalized spacial score (nSPS) is 22.5. The van der Waals surface area contributed by atoms with Gasteiger partial charge in [0, 0.05) is 30.6 Å². The number of likely N-dealkylation sites (tertiary alicyclic amines) is 1. The van der Waals surface area contributed by atoms with Crippen molar-refractivity contribution in [3.8, 4) is 0 Å². The predicted molar refractivity (Wildman–Crippen MR) is 96.4 cm³/mol. The maximum atomic E-state index is 12.3. The molecule has 1 aliphatic heterocycles. The standard InChI is InChI=1S/C20H28N2O2/c1-15(16-8-6-5-7-9-16)21-17-10-13-22(14-20(17)11-12-20)18(23)24-19(2,3)4/h5-9,15H,10-14H2,1-4H3/b21-17+/t15-/m0/s1. The molecule has 1 amide bonds. The monoisotopic (exact) mass is 328 g/mol. The van der Waals surface area contributed by atoms with Crippen LogP contribution >= 0.6 is 0 Å². The van der Waals surface area contributed by atoms with Crippen LogP contribution in [-0.4, -0.2) is 35.4 Å². The van der Waals surface area contributed by atoms with E-state index in [0.717, 1.165) is 25.8 Å². The number of piperidine rings is 1. The largest absolute Gasteiger partial charge is 0.444 e. The maximum absolute atomic E-state index is 12.3. The molecule has 3 rings (SSSR count). The first-order chi connectivity index (χ1) is 11.3. The summed E-state index contributed by atoms with van der Waals surface area (Å²) in [5.41, 5.74) is 2.20. The Bertz CT molecular complexity index is 627. The molecule has 0 unspecified atom stereocenters. The summed E-state index contributed by atoms with van der Waals surface area (Å²) in [5, 5.41) is 0. The van der Waals surface area contributed by atoms with Crippen LogP contribution < -0.4 is 0 Å². The third kappa shape index (κ3) is 3.80. The van der Waals surface area contributed by atoms with E-state index in [0.29, 0.717) is 6.54 Å². The van der Waals surface area contributed by atoms with Crippen LogP contribution in [0.2, 0.25) is 0 Å². The molecule has 1 spiro atoms. The van der Waals surface area contributed by atoms with Gasteiger partial charge in [0.15, 0.2) is 0 Å². The van der Waals surface area contributed by atoms with Crippen molar-refractivity contribution in [1.29, 1.82) is 0 Å². The molecule has 0 N–H and O–H groups in total. The Morgan fingerprint density at radius 2 is 1.92 bits per heavy atom. The first-order valence-electron chi connectivity index (χ1n) is 8.89. The van der Waals surface area contributed by atoms with Crippen LogP contribution in [0, 0.1) is 5.41 Å². The van der Waals surface area contributed by atoms with Crippen molar-refractivity contribution in [3.63, 3.8) is 0 Å². The van der Waals surface area contributed by atoms with Crippen LogP contribution in [0.4, 0.5) is 4.79 Å². The van der Waals surface area contributed by atoms with Gasteiger partial charge >= 0.3 is 6.09 Å². The van der Waals surface area contributed by atoms with Crippen molar-refractivity contribution in [2.45, 2.75) is 58.6 Å². The highest BCUT2D eigenvalue weighted by atomic mass is 16.6. The minimum absolute atomic E-state index is 0.109. The molecule has 1 aromatic rings. The molecule has 1 saturated carbocycles. The summed E-state index contributed by atoms with van der Waals surface area (Å²) < 4.78 is 5.53. The van der Waals surface area contributed by atoms with Crippen LogP contribution in [-0.2, 0) is 4.74 Å². The van der Waals surface area contributed by atoms with Crippen LogP contribution in [0.5, 0.6) is 0 Å². The van der Waals surface area contributed by atoms with Gasteiger partial charge in [-0.3, -0.25) is 4.99 Å². The summed E-state index contributed by atoms with van der Waals surface area (Å²) in [5.74, 6) is 0. The van der Waals surface area contributed by atoms with Gasteiger partial charge in [0.1, 0.15) is 5.60 Å². The topological polar surface area (TPSA) is 41.9 Å². The lowest BCUT2D eigenvalue weighted by Crippen LogP contribution is -2.47. The second-order valence-corrected chi connectivity index (χ2v) is 8.09. The third-order valence-corrected chi connectivity index (χ3v) is 4.86. The fourth-order valence-electron chi connectivity index (χ4n) is 3.36. The number of benzene rings is 1. The quantitative estimate of drug-likeness (QED) is 0.795. The second-order valence-electron chi connectivity index (χ2n) is 8.09. The summed E-state index contributed by atoms with van der Waals surface area (Å²) in [4.78, 5) is 19.2. The van der Waals surface area contributed by atoms with Crippen LogP contribution in [0.15, 0.2) is 35.3 Å². The van der Waals surface area contributed by atoms with E-state index in [2.05, 4.69) is 31.2 Å². The number of hydrogen-bond donors (Lipinski definition) is 0. The molecule has 0 aromatic heterocycles. The molecule has 2 fully saturated rings. The first kappa shape index (κ1) is 17.0. The zero-order valence-electron chi connectivity index (χ0n) is 15.2. The van der Waals surface area contributed by atoms with E-state index >= 15 is 0 Å². The van der Waals surface area contributed by atoms with Gasteiger partial charge in [-0.05, 0) is 46.1 Å². The van der Waals surface area contributed by atoms with Crippen molar-refractivity contribution in [2.75, 3.05) is 13.1 Å². The van der Waals surface area contributed by atoms with Gasteiger partial charge in [-0.15, -0.1) is 0 Å². The fourth-order valence-corrected chi connectivity index (χ4v) is 3.36. The zero-order valence-corrected chi connectivity index (χ0v) is 15.2. The number of carbonyl (C=O) groups excluding carboxylic acids is 1. The molecule has 4 heteroatoms. The average molecular weight is 328 g/mol. The molecule has 1 saturated heterocycles. The Hall–Kier alpha value is -1.84. The number of carbonyl (C=O) groups is 1. The van der Waals surface area contributed by atoms with Crippen LogP contribution in [0.1, 0.15) is 58.6 Å². The van der Waals surface area contributed by atoms with Crippen molar-refractivity contribution in [2.24, 2.45) is 10.4 Å². The van der Waals surface area contributed by atoms with Crippen molar-refractivity contribution < 1.29 is 9.53 Å². The Balaban J connectivity index is 1.69. The molecule has 24 heavy (non-hydrogen) atoms. The highest BCUT2D eigenvalue weighted by Crippen LogP contribution is 2.51. The van der Waals surface area contributed by atoms with Gasteiger partial charge in [0.05, 0.1) is 6.04 Å². The molecule has 1 heterocycles. The molecule has 4 nitrogen and oxygen atoms in total. The number of rotatable bonds is 2. The lowest BCUT2D eigenvalue weighted by molar-refractivity contribution is 0.0216. The Morgan fingerprint density at radius 1 is 1.25 bits per heavy atom. The minimum atomic E-state index is -0.440. The summed E-state index contributed by atoms with van der Waals surface area (Å²) >= 11 is 0. The molecule has 0 radical (unpaired) electrons. The van der Waals surface area contributed by atoms with Crippen molar-refractivity contribution in [1.82, 2.24) is 4.90 Å². The smallest absolute Gasteiger partial charge is 0.410 e. The maximum Gasteiger partial charge on any atom is 0.410 e. The average Bonchev–Trinajstić information content (AvgIpc) is 3.28. The van der Waals surface area contributed by atoms with E-state index in [-0.39, 0.29) is 17.6 Å². The zero-order chi connectivity index (χ0) is 17.4. The number of hydrogen-bond acceptors (Lipinski definition) is 3. The number of aliphatic imine (C=N–C) groups is 1. The fraction of sp³-hybridized carbons (Fsp3) is 0.600. The summed E-state index contributed by atoms with van der Waals surface area (Å²) in [6, 6.07) is 10.6. The molecule has 1 aliphatic carbocycles. The lowest BCUT2D eigenvalue weighted by Gasteiger charge is -2.35. The molecule has 130 valence electrons. The van der Waals surface area contributed by atoms with E-state index in [4.69, 9.17) is 9.73 Å². The molecular formula is C20H28N2O2. The van der Waals surface area contributed by atoms with Gasteiger partial charge in [0.25, 0.3) is 0 Å². The van der Waals surface area contributed by atoms with Crippen molar-refractivity contribution >= 4 is 11.8 Å². The van der Waals surface area contributed by atoms with Crippen molar-refractivity contribution in [3.05, 3.63) is 35.9 Å². The van der Waals surface area contributed by atoms with E-state index in [9.17, 15) is 4.79 Å². The summed E-state index contributed by atoms with van der Waals surface area (Å²) in [7, 11) is 0. The third-order valence-electron chi connectivity index (χ3n) is 4.86. The molecule has 1 atom stereocenters. The minimum Gasteiger partial charge on any atom is -0.444 e. The Labute approximate surface area is 144 Å². The predicted octanol–water partition coefficient (Wildman–Crippen LogP) is 4.61. The highest BCUT2D eigenvalue weighted by Gasteiger charge is 2.51.